The van der Waals surface area contributed by atoms with E-state index >= 15 is 0 Å². The third-order valence-corrected chi connectivity index (χ3v) is 1.05. The van der Waals surface area contributed by atoms with Crippen molar-refractivity contribution in [1.29, 1.82) is 0 Å². The van der Waals surface area contributed by atoms with E-state index in [1.807, 2.05) is 26.0 Å². The maximum absolute atomic E-state index is 11.4. The lowest BCUT2D eigenvalue weighted by atomic mass is 10.3. The Morgan fingerprint density at radius 1 is 1.67 bits per heavy atom. The van der Waals surface area contributed by atoms with Gasteiger partial charge in [0.1, 0.15) is 0 Å². The second kappa shape index (κ2) is 5.76. The Morgan fingerprint density at radius 2 is 2.33 bits per heavy atom. The first kappa shape index (κ1) is 8.63. The van der Waals surface area contributed by atoms with E-state index in [0.717, 1.165) is 6.42 Å². The molecule has 0 heterocycles. The molecule has 0 N–H and O–H groups in total. The van der Waals surface area contributed by atoms with Gasteiger partial charge in [0.05, 0.1) is 6.10 Å². The minimum atomic E-state index is -0.682. The molecule has 0 bridgehead atoms. The van der Waals surface area contributed by atoms with Crippen molar-refractivity contribution in [2.24, 2.45) is 0 Å². The standard InChI is InChI=1S/C7H13FO/c1-3-4-5-7(2)9-6-8/h3-4,7H,5-6H2,1-2H3. The first-order valence-electron chi connectivity index (χ1n) is 3.10. The monoisotopic (exact) mass is 132 g/mol. The molecule has 0 fully saturated rings. The van der Waals surface area contributed by atoms with Crippen LogP contribution in [0.4, 0.5) is 4.39 Å². The summed E-state index contributed by atoms with van der Waals surface area (Å²) in [6.45, 7) is 3.10. The fourth-order valence-corrected chi connectivity index (χ4v) is 0.503. The minimum Gasteiger partial charge on any atom is -0.347 e. The summed E-state index contributed by atoms with van der Waals surface area (Å²) in [7, 11) is 0. The smallest absolute Gasteiger partial charge is 0.188 e. The summed E-state index contributed by atoms with van der Waals surface area (Å²) < 4.78 is 16.1. The molecule has 0 amide bonds. The predicted molar refractivity (Wildman–Crippen MR) is 36.0 cm³/mol. The van der Waals surface area contributed by atoms with Crippen molar-refractivity contribution in [3.63, 3.8) is 0 Å². The van der Waals surface area contributed by atoms with Crippen LogP contribution in [0, 0.1) is 0 Å². The number of hydrogen-bond donors (Lipinski definition) is 0. The molecule has 0 aliphatic heterocycles. The van der Waals surface area contributed by atoms with Crippen LogP contribution in [-0.2, 0) is 4.74 Å². The Hall–Kier alpha value is -0.370. The van der Waals surface area contributed by atoms with Gasteiger partial charge in [-0.1, -0.05) is 12.2 Å². The Kier molecular flexibility index (Phi) is 5.52. The van der Waals surface area contributed by atoms with Crippen LogP contribution < -0.4 is 0 Å². The highest BCUT2D eigenvalue weighted by atomic mass is 19.1. The number of alkyl halides is 1. The quantitative estimate of drug-likeness (QED) is 0.533. The van der Waals surface area contributed by atoms with E-state index in [1.165, 1.54) is 0 Å². The average Bonchev–Trinajstić information content (AvgIpc) is 1.85. The van der Waals surface area contributed by atoms with Crippen molar-refractivity contribution in [1.82, 2.24) is 0 Å². The van der Waals surface area contributed by atoms with E-state index in [0.29, 0.717) is 0 Å². The molecule has 0 rings (SSSR count). The lowest BCUT2D eigenvalue weighted by Crippen LogP contribution is -2.04. The molecule has 9 heavy (non-hydrogen) atoms. The maximum atomic E-state index is 11.4. The van der Waals surface area contributed by atoms with E-state index in [2.05, 4.69) is 4.74 Å². The topological polar surface area (TPSA) is 9.23 Å². The summed E-state index contributed by atoms with van der Waals surface area (Å²) in [5.41, 5.74) is 0. The predicted octanol–water partition coefficient (Wildman–Crippen LogP) is 2.28. The van der Waals surface area contributed by atoms with Gasteiger partial charge in [-0.3, -0.25) is 0 Å². The van der Waals surface area contributed by atoms with Crippen molar-refractivity contribution in [2.45, 2.75) is 26.4 Å². The van der Waals surface area contributed by atoms with E-state index < -0.39 is 6.86 Å². The summed E-state index contributed by atoms with van der Waals surface area (Å²) in [5.74, 6) is 0. The summed E-state index contributed by atoms with van der Waals surface area (Å²) in [4.78, 5) is 0. The first-order valence-corrected chi connectivity index (χ1v) is 3.10. The average molecular weight is 132 g/mol. The van der Waals surface area contributed by atoms with Crippen LogP contribution in [0.25, 0.3) is 0 Å². The minimum absolute atomic E-state index is 0.00574. The Labute approximate surface area is 55.5 Å². The van der Waals surface area contributed by atoms with Crippen molar-refractivity contribution in [3.8, 4) is 0 Å². The van der Waals surface area contributed by atoms with Gasteiger partial charge in [0, 0.05) is 0 Å². The molecule has 54 valence electrons. The molecule has 2 heteroatoms. The zero-order valence-electron chi connectivity index (χ0n) is 5.93. The SMILES string of the molecule is CC=CCC(C)OCF. The molecule has 0 aliphatic carbocycles. The van der Waals surface area contributed by atoms with E-state index in [9.17, 15) is 4.39 Å². The van der Waals surface area contributed by atoms with Gasteiger partial charge in [-0.2, -0.15) is 0 Å². The molecular formula is C7H13FO. The van der Waals surface area contributed by atoms with Gasteiger partial charge >= 0.3 is 0 Å². The molecule has 0 radical (unpaired) electrons. The maximum Gasteiger partial charge on any atom is 0.188 e. The third kappa shape index (κ3) is 5.50. The molecule has 0 saturated heterocycles. The van der Waals surface area contributed by atoms with E-state index in [-0.39, 0.29) is 6.10 Å². The van der Waals surface area contributed by atoms with Crippen molar-refractivity contribution >= 4 is 0 Å². The number of allylic oxidation sites excluding steroid dienone is 1. The normalized spacial score (nSPS) is 14.6. The van der Waals surface area contributed by atoms with Crippen LogP contribution in [0.15, 0.2) is 12.2 Å². The molecule has 0 aliphatic rings. The van der Waals surface area contributed by atoms with Crippen LogP contribution in [0.2, 0.25) is 0 Å². The largest absolute Gasteiger partial charge is 0.347 e. The van der Waals surface area contributed by atoms with Crippen LogP contribution in [0.5, 0.6) is 0 Å². The van der Waals surface area contributed by atoms with Gasteiger partial charge in [-0.15, -0.1) is 0 Å². The van der Waals surface area contributed by atoms with Crippen LogP contribution in [-0.4, -0.2) is 13.0 Å². The highest BCUT2D eigenvalue weighted by Gasteiger charge is 1.95. The number of hydrogen-bond acceptors (Lipinski definition) is 1. The Balaban J connectivity index is 3.15. The summed E-state index contributed by atoms with van der Waals surface area (Å²) in [6.07, 6.45) is 4.69. The lowest BCUT2D eigenvalue weighted by molar-refractivity contribution is 0.00727. The summed E-state index contributed by atoms with van der Waals surface area (Å²) in [5, 5.41) is 0. The molecule has 0 aromatic heterocycles. The van der Waals surface area contributed by atoms with Gasteiger partial charge in [-0.25, -0.2) is 4.39 Å². The zero-order chi connectivity index (χ0) is 7.11. The molecule has 1 atom stereocenters. The van der Waals surface area contributed by atoms with Gasteiger partial charge in [-0.05, 0) is 20.3 Å². The summed E-state index contributed by atoms with van der Waals surface area (Å²) in [6, 6.07) is 0. The number of rotatable bonds is 4. The van der Waals surface area contributed by atoms with Gasteiger partial charge < -0.3 is 4.74 Å². The van der Waals surface area contributed by atoms with Crippen molar-refractivity contribution in [2.75, 3.05) is 6.86 Å². The van der Waals surface area contributed by atoms with Crippen molar-refractivity contribution < 1.29 is 9.13 Å². The van der Waals surface area contributed by atoms with E-state index in [4.69, 9.17) is 0 Å². The molecule has 0 spiro atoms. The number of ether oxygens (including phenoxy) is 1. The lowest BCUT2D eigenvalue weighted by Gasteiger charge is -2.04. The second-order valence-corrected chi connectivity index (χ2v) is 1.89. The second-order valence-electron chi connectivity index (χ2n) is 1.89. The molecule has 1 unspecified atom stereocenters. The third-order valence-electron chi connectivity index (χ3n) is 1.05. The fourth-order valence-electron chi connectivity index (χ4n) is 0.503. The van der Waals surface area contributed by atoms with Gasteiger partial charge in [0.15, 0.2) is 6.86 Å². The van der Waals surface area contributed by atoms with Gasteiger partial charge in [0.25, 0.3) is 0 Å². The fraction of sp³-hybridized carbons (Fsp3) is 0.714. The van der Waals surface area contributed by atoms with Gasteiger partial charge in [0.2, 0.25) is 0 Å². The van der Waals surface area contributed by atoms with Crippen LogP contribution in [0.1, 0.15) is 20.3 Å². The summed E-state index contributed by atoms with van der Waals surface area (Å²) >= 11 is 0. The molecule has 0 saturated carbocycles. The number of halogens is 1. The Morgan fingerprint density at radius 3 is 2.78 bits per heavy atom. The molecule has 1 nitrogen and oxygen atoms in total. The highest BCUT2D eigenvalue weighted by molar-refractivity contribution is 4.78. The first-order chi connectivity index (χ1) is 4.31. The van der Waals surface area contributed by atoms with E-state index in [1.54, 1.807) is 0 Å². The molecule has 0 aromatic carbocycles. The molecule has 0 aromatic rings. The van der Waals surface area contributed by atoms with Crippen LogP contribution >= 0.6 is 0 Å². The van der Waals surface area contributed by atoms with Crippen molar-refractivity contribution in [3.05, 3.63) is 12.2 Å². The molecular weight excluding hydrogens is 119 g/mol. The zero-order valence-corrected chi connectivity index (χ0v) is 5.93. The highest BCUT2D eigenvalue weighted by Crippen LogP contribution is 1.97. The van der Waals surface area contributed by atoms with Crippen LogP contribution in [0.3, 0.4) is 0 Å². The Bertz CT molecular complexity index is 81.0.